The average molecular weight is 698 g/mol. The van der Waals surface area contributed by atoms with E-state index >= 15 is 0 Å². The third kappa shape index (κ3) is 4.14. The fourth-order valence-corrected chi connectivity index (χ4v) is 6.45. The van der Waals surface area contributed by atoms with Gasteiger partial charge in [-0.3, -0.25) is 0 Å². The summed E-state index contributed by atoms with van der Waals surface area (Å²) in [7, 11) is 0. The Morgan fingerprint density at radius 3 is 1.33 bits per heavy atom. The van der Waals surface area contributed by atoms with E-state index in [0.717, 1.165) is 29.4 Å². The van der Waals surface area contributed by atoms with Crippen molar-refractivity contribution < 1.29 is 19.1 Å². The van der Waals surface area contributed by atoms with Gasteiger partial charge in [0.2, 0.25) is 0 Å². The van der Waals surface area contributed by atoms with E-state index in [0.29, 0.717) is 11.1 Å². The topological polar surface area (TPSA) is 52.6 Å². The second-order valence-corrected chi connectivity index (χ2v) is 11.5. The molecule has 0 fully saturated rings. The van der Waals surface area contributed by atoms with Crippen molar-refractivity contribution in [3.05, 3.63) is 138 Å². The van der Waals surface area contributed by atoms with Crippen molar-refractivity contribution in [1.82, 2.24) is 0 Å². The SMILES string of the molecule is O=C(OC1C2c3ccc(I)cc3C(c3cc(I)ccc32)C1OC(=O)c1ccccc1)c1ccccc1. The summed E-state index contributed by atoms with van der Waals surface area (Å²) in [5.74, 6) is -1.33. The number of hydrogen-bond donors (Lipinski definition) is 0. The average Bonchev–Trinajstić information content (AvgIpc) is 2.90. The van der Waals surface area contributed by atoms with E-state index in [1.54, 1.807) is 24.3 Å². The maximum Gasteiger partial charge on any atom is 0.338 e. The second kappa shape index (κ2) is 9.63. The van der Waals surface area contributed by atoms with Crippen LogP contribution in [0.25, 0.3) is 0 Å². The number of esters is 2. The molecule has 0 N–H and O–H groups in total. The Balaban J connectivity index is 1.49. The van der Waals surface area contributed by atoms with Crippen LogP contribution in [-0.2, 0) is 9.47 Å². The van der Waals surface area contributed by atoms with Crippen LogP contribution in [0.5, 0.6) is 0 Å². The summed E-state index contributed by atoms with van der Waals surface area (Å²) in [6.07, 6.45) is -1.32. The van der Waals surface area contributed by atoms with Gasteiger partial charge in [-0.25, -0.2) is 9.59 Å². The fourth-order valence-electron chi connectivity index (χ4n) is 5.42. The molecule has 3 aliphatic rings. The van der Waals surface area contributed by atoms with Gasteiger partial charge in [0.25, 0.3) is 0 Å². The van der Waals surface area contributed by atoms with Gasteiger partial charge in [-0.1, -0.05) is 48.5 Å². The maximum absolute atomic E-state index is 13.3. The lowest BCUT2D eigenvalue weighted by Gasteiger charge is -2.49. The summed E-state index contributed by atoms with van der Waals surface area (Å²) in [4.78, 5) is 26.5. The van der Waals surface area contributed by atoms with Crippen LogP contribution in [0.3, 0.4) is 0 Å². The number of fused-ring (bicyclic) bond motifs is 1. The standard InChI is InChI=1S/C30H20I2O4/c31-19-11-13-21-23(15-19)26-24-16-20(32)12-14-22(24)25(21)27(35-29(33)17-7-3-1-4-8-17)28(26)36-30(34)18-9-5-2-6-10-18/h1-16,25-28H. The molecule has 4 nitrogen and oxygen atoms in total. The molecule has 0 saturated carbocycles. The molecule has 4 aromatic carbocycles. The van der Waals surface area contributed by atoms with Gasteiger partial charge in [0, 0.05) is 7.14 Å². The van der Waals surface area contributed by atoms with E-state index in [9.17, 15) is 9.59 Å². The van der Waals surface area contributed by atoms with Crippen LogP contribution in [0.4, 0.5) is 0 Å². The normalized spacial score (nSPS) is 21.3. The van der Waals surface area contributed by atoms with Crippen LogP contribution in [0.1, 0.15) is 54.8 Å². The first-order chi connectivity index (χ1) is 17.5. The van der Waals surface area contributed by atoms with Crippen LogP contribution >= 0.6 is 45.2 Å². The molecule has 0 heterocycles. The van der Waals surface area contributed by atoms with Crippen LogP contribution in [-0.4, -0.2) is 24.1 Å². The number of carbonyl (C=O) groups is 2. The quantitative estimate of drug-likeness (QED) is 0.171. The maximum atomic E-state index is 13.3. The highest BCUT2D eigenvalue weighted by Crippen LogP contribution is 2.55. The van der Waals surface area contributed by atoms with Crippen LogP contribution in [0.2, 0.25) is 0 Å². The zero-order valence-electron chi connectivity index (χ0n) is 18.9. The van der Waals surface area contributed by atoms with Crippen molar-refractivity contribution in [3.8, 4) is 0 Å². The van der Waals surface area contributed by atoms with Crippen molar-refractivity contribution in [2.45, 2.75) is 24.0 Å². The summed E-state index contributed by atoms with van der Waals surface area (Å²) in [6.45, 7) is 0. The summed E-state index contributed by atoms with van der Waals surface area (Å²) in [5.41, 5.74) is 5.42. The molecule has 0 spiro atoms. The lowest BCUT2D eigenvalue weighted by atomic mass is 9.61. The van der Waals surface area contributed by atoms with E-state index in [4.69, 9.17) is 9.47 Å². The van der Waals surface area contributed by atoms with Crippen LogP contribution in [0.15, 0.2) is 97.1 Å². The Bertz CT molecular complexity index is 1420. The number of ether oxygens (including phenoxy) is 2. The van der Waals surface area contributed by atoms with Crippen molar-refractivity contribution in [2.24, 2.45) is 0 Å². The number of benzene rings is 4. The monoisotopic (exact) mass is 698 g/mol. The molecule has 4 aromatic rings. The zero-order chi connectivity index (χ0) is 24.8. The Morgan fingerprint density at radius 1 is 0.528 bits per heavy atom. The van der Waals surface area contributed by atoms with Crippen molar-refractivity contribution in [2.75, 3.05) is 0 Å². The number of rotatable bonds is 4. The van der Waals surface area contributed by atoms with E-state index in [1.165, 1.54) is 0 Å². The van der Waals surface area contributed by atoms with Gasteiger partial charge in [-0.15, -0.1) is 0 Å². The van der Waals surface area contributed by atoms with Crippen molar-refractivity contribution in [3.63, 3.8) is 0 Å². The predicted octanol–water partition coefficient (Wildman–Crippen LogP) is 6.94. The Kier molecular flexibility index (Phi) is 6.33. The minimum atomic E-state index is -0.660. The zero-order valence-corrected chi connectivity index (χ0v) is 23.3. The highest BCUT2D eigenvalue weighted by molar-refractivity contribution is 14.1. The molecule has 2 bridgehead atoms. The number of hydrogen-bond acceptors (Lipinski definition) is 4. The molecule has 7 rings (SSSR count). The predicted molar refractivity (Wildman–Crippen MR) is 153 cm³/mol. The molecule has 0 amide bonds. The van der Waals surface area contributed by atoms with Gasteiger partial charge < -0.3 is 9.47 Å². The van der Waals surface area contributed by atoms with Crippen LogP contribution < -0.4 is 0 Å². The van der Waals surface area contributed by atoms with Gasteiger partial charge in [-0.05, 0) is 116 Å². The molecule has 0 aromatic heterocycles. The highest BCUT2D eigenvalue weighted by atomic mass is 127. The molecule has 6 heteroatoms. The molecular weight excluding hydrogens is 678 g/mol. The first-order valence-corrected chi connectivity index (χ1v) is 13.8. The Labute approximate surface area is 236 Å². The van der Waals surface area contributed by atoms with E-state index < -0.39 is 24.1 Å². The molecule has 0 radical (unpaired) electrons. The number of halogens is 2. The number of carbonyl (C=O) groups excluding carboxylic acids is 2. The summed E-state index contributed by atoms with van der Waals surface area (Å²) in [6, 6.07) is 30.6. The molecule has 0 aliphatic heterocycles. The fraction of sp³-hybridized carbons (Fsp3) is 0.133. The lowest BCUT2D eigenvalue weighted by Crippen LogP contribution is -2.51. The second-order valence-electron chi connectivity index (χ2n) is 8.97. The summed E-state index contributed by atoms with van der Waals surface area (Å²) in [5, 5.41) is 0. The molecular formula is C30H20I2O4. The third-order valence-corrected chi connectivity index (χ3v) is 8.27. The van der Waals surface area contributed by atoms with E-state index in [1.807, 2.05) is 36.4 Å². The van der Waals surface area contributed by atoms with E-state index in [-0.39, 0.29) is 11.8 Å². The van der Waals surface area contributed by atoms with Crippen LogP contribution in [0, 0.1) is 7.14 Å². The smallest absolute Gasteiger partial charge is 0.338 e. The van der Waals surface area contributed by atoms with Gasteiger partial charge in [0.15, 0.2) is 12.2 Å². The minimum absolute atomic E-state index is 0.241. The minimum Gasteiger partial charge on any atom is -0.454 e. The first kappa shape index (κ1) is 23.7. The summed E-state index contributed by atoms with van der Waals surface area (Å²) >= 11 is 4.63. The van der Waals surface area contributed by atoms with E-state index in [2.05, 4.69) is 81.6 Å². The Hall–Kier alpha value is -2.72. The molecule has 178 valence electrons. The summed E-state index contributed by atoms with van der Waals surface area (Å²) < 4.78 is 14.7. The lowest BCUT2D eigenvalue weighted by molar-refractivity contribution is -0.0557. The first-order valence-electron chi connectivity index (χ1n) is 11.6. The third-order valence-electron chi connectivity index (χ3n) is 6.92. The highest BCUT2D eigenvalue weighted by Gasteiger charge is 2.54. The van der Waals surface area contributed by atoms with Crippen molar-refractivity contribution >= 4 is 57.1 Å². The van der Waals surface area contributed by atoms with Gasteiger partial charge >= 0.3 is 11.9 Å². The Morgan fingerprint density at radius 2 is 0.917 bits per heavy atom. The molecule has 36 heavy (non-hydrogen) atoms. The van der Waals surface area contributed by atoms with Gasteiger partial charge in [0.05, 0.1) is 23.0 Å². The largest absolute Gasteiger partial charge is 0.454 e. The molecule has 0 saturated heterocycles. The van der Waals surface area contributed by atoms with Gasteiger partial charge in [-0.2, -0.15) is 0 Å². The molecule has 3 aliphatic carbocycles. The van der Waals surface area contributed by atoms with Crippen molar-refractivity contribution in [1.29, 1.82) is 0 Å². The van der Waals surface area contributed by atoms with Gasteiger partial charge in [0.1, 0.15) is 0 Å². The molecule has 2 unspecified atom stereocenters. The molecule has 2 atom stereocenters.